The van der Waals surface area contributed by atoms with E-state index in [1.807, 2.05) is 0 Å². The Morgan fingerprint density at radius 2 is 2.25 bits per heavy atom. The molecule has 0 fully saturated rings. The topological polar surface area (TPSA) is 55.4 Å². The zero-order valence-corrected chi connectivity index (χ0v) is 9.48. The lowest BCUT2D eigenvalue weighted by Gasteiger charge is -2.00. The van der Waals surface area contributed by atoms with Crippen LogP contribution in [-0.4, -0.2) is 11.1 Å². The van der Waals surface area contributed by atoms with Gasteiger partial charge in [-0.2, -0.15) is 4.99 Å². The molecule has 0 aliphatic carbocycles. The average Bonchev–Trinajstić information content (AvgIpc) is 2.51. The Hall–Kier alpha value is -1.33. The molecule has 3 nitrogen and oxygen atoms in total. The molecule has 0 saturated heterocycles. The maximum Gasteiger partial charge on any atom is 0.286 e. The van der Waals surface area contributed by atoms with Crippen molar-refractivity contribution < 1.29 is 9.18 Å². The van der Waals surface area contributed by atoms with Gasteiger partial charge < -0.3 is 5.73 Å². The van der Waals surface area contributed by atoms with Crippen LogP contribution < -0.4 is 5.73 Å². The highest BCUT2D eigenvalue weighted by Crippen LogP contribution is 2.29. The molecular formula is C10H6ClFN2OS. The van der Waals surface area contributed by atoms with Gasteiger partial charge in [-0.05, 0) is 30.0 Å². The highest BCUT2D eigenvalue weighted by Gasteiger charge is 2.20. The summed E-state index contributed by atoms with van der Waals surface area (Å²) in [5, 5.41) is 0.398. The van der Waals surface area contributed by atoms with Gasteiger partial charge in [0, 0.05) is 5.56 Å². The molecule has 1 aliphatic rings. The molecule has 1 aliphatic heterocycles. The predicted molar refractivity (Wildman–Crippen MR) is 63.6 cm³/mol. The predicted octanol–water partition coefficient (Wildman–Crippen LogP) is 2.41. The quantitative estimate of drug-likeness (QED) is 0.785. The van der Waals surface area contributed by atoms with Crippen LogP contribution in [-0.2, 0) is 4.79 Å². The van der Waals surface area contributed by atoms with Crippen molar-refractivity contribution in [2.75, 3.05) is 0 Å². The fraction of sp³-hybridized carbons (Fsp3) is 0. The third-order valence-electron chi connectivity index (χ3n) is 1.91. The van der Waals surface area contributed by atoms with Crippen LogP contribution in [0, 0.1) is 5.82 Å². The van der Waals surface area contributed by atoms with Crippen LogP contribution in [0.3, 0.4) is 0 Å². The molecule has 0 radical (unpaired) electrons. The van der Waals surface area contributed by atoms with Crippen molar-refractivity contribution in [2.24, 2.45) is 10.7 Å². The number of amides is 1. The SMILES string of the molecule is NC1=NC(=O)C(=Cc2c(F)cccc2Cl)S1. The monoisotopic (exact) mass is 256 g/mol. The molecule has 2 rings (SSSR count). The Labute approximate surface area is 100 Å². The molecule has 1 aromatic rings. The van der Waals surface area contributed by atoms with Gasteiger partial charge in [0.2, 0.25) is 0 Å². The molecule has 1 heterocycles. The normalized spacial score (nSPS) is 18.0. The molecule has 82 valence electrons. The van der Waals surface area contributed by atoms with E-state index in [1.165, 1.54) is 18.2 Å². The molecule has 0 atom stereocenters. The van der Waals surface area contributed by atoms with Crippen molar-refractivity contribution in [3.63, 3.8) is 0 Å². The Bertz CT molecular complexity index is 507. The third kappa shape index (κ3) is 2.10. The first kappa shape index (κ1) is 11.2. The van der Waals surface area contributed by atoms with E-state index in [1.54, 1.807) is 6.07 Å². The summed E-state index contributed by atoms with van der Waals surface area (Å²) >= 11 is 6.82. The van der Waals surface area contributed by atoms with Crippen molar-refractivity contribution in [2.45, 2.75) is 0 Å². The van der Waals surface area contributed by atoms with Crippen molar-refractivity contribution in [1.29, 1.82) is 0 Å². The Morgan fingerprint density at radius 3 is 2.81 bits per heavy atom. The number of benzene rings is 1. The molecule has 0 saturated carbocycles. The first-order chi connectivity index (χ1) is 7.58. The number of carbonyl (C=O) groups excluding carboxylic acids is 1. The number of nitrogens with two attached hydrogens (primary N) is 1. The third-order valence-corrected chi connectivity index (χ3v) is 3.05. The number of halogens is 2. The van der Waals surface area contributed by atoms with E-state index in [9.17, 15) is 9.18 Å². The number of amidine groups is 1. The van der Waals surface area contributed by atoms with Gasteiger partial charge in [0.15, 0.2) is 5.17 Å². The van der Waals surface area contributed by atoms with Crippen molar-refractivity contribution in [3.05, 3.63) is 39.5 Å². The highest BCUT2D eigenvalue weighted by molar-refractivity contribution is 8.18. The summed E-state index contributed by atoms with van der Waals surface area (Å²) < 4.78 is 13.4. The lowest BCUT2D eigenvalue weighted by atomic mass is 10.2. The number of nitrogens with zero attached hydrogens (tertiary/aromatic N) is 1. The lowest BCUT2D eigenvalue weighted by molar-refractivity contribution is -0.113. The number of aliphatic imine (C=N–C) groups is 1. The molecule has 0 unspecified atom stereocenters. The summed E-state index contributed by atoms with van der Waals surface area (Å²) in [5.41, 5.74) is 5.54. The summed E-state index contributed by atoms with van der Waals surface area (Å²) in [4.78, 5) is 15.1. The van der Waals surface area contributed by atoms with Gasteiger partial charge in [0.05, 0.1) is 9.93 Å². The van der Waals surface area contributed by atoms with Crippen LogP contribution in [0.25, 0.3) is 6.08 Å². The van der Waals surface area contributed by atoms with Gasteiger partial charge in [-0.1, -0.05) is 17.7 Å². The smallest absolute Gasteiger partial charge is 0.286 e. The number of hydrogen-bond acceptors (Lipinski definition) is 3. The van der Waals surface area contributed by atoms with E-state index < -0.39 is 11.7 Å². The zero-order chi connectivity index (χ0) is 11.7. The van der Waals surface area contributed by atoms with Crippen LogP contribution in [0.4, 0.5) is 4.39 Å². The maximum absolute atomic E-state index is 13.4. The largest absolute Gasteiger partial charge is 0.378 e. The summed E-state index contributed by atoms with van der Waals surface area (Å²) in [6, 6.07) is 4.31. The minimum Gasteiger partial charge on any atom is -0.378 e. The zero-order valence-electron chi connectivity index (χ0n) is 7.91. The number of hydrogen-bond donors (Lipinski definition) is 1. The molecule has 2 N–H and O–H groups in total. The summed E-state index contributed by atoms with van der Waals surface area (Å²) in [6.07, 6.45) is 1.36. The van der Waals surface area contributed by atoms with Crippen molar-refractivity contribution >= 4 is 40.5 Å². The van der Waals surface area contributed by atoms with Crippen LogP contribution in [0.2, 0.25) is 5.02 Å². The first-order valence-corrected chi connectivity index (χ1v) is 5.49. The van der Waals surface area contributed by atoms with E-state index in [2.05, 4.69) is 4.99 Å². The van der Waals surface area contributed by atoms with Gasteiger partial charge in [0.25, 0.3) is 5.91 Å². The van der Waals surface area contributed by atoms with Crippen LogP contribution in [0.15, 0.2) is 28.1 Å². The van der Waals surface area contributed by atoms with Crippen LogP contribution in [0.5, 0.6) is 0 Å². The van der Waals surface area contributed by atoms with E-state index >= 15 is 0 Å². The lowest BCUT2D eigenvalue weighted by Crippen LogP contribution is -2.01. The number of rotatable bonds is 1. The standard InChI is InChI=1S/C10H6ClFN2OS/c11-6-2-1-3-7(12)5(6)4-8-9(15)14-10(13)16-8/h1-4H,(H2,13,14,15). The highest BCUT2D eigenvalue weighted by atomic mass is 35.5. The van der Waals surface area contributed by atoms with Gasteiger partial charge in [-0.25, -0.2) is 4.39 Å². The second kappa shape index (κ2) is 4.27. The Balaban J connectivity index is 2.42. The second-order valence-electron chi connectivity index (χ2n) is 3.00. The molecule has 16 heavy (non-hydrogen) atoms. The molecule has 0 aromatic heterocycles. The van der Waals surface area contributed by atoms with Gasteiger partial charge in [0.1, 0.15) is 5.82 Å². The minimum atomic E-state index is -0.487. The van der Waals surface area contributed by atoms with E-state index in [0.717, 1.165) is 11.8 Å². The van der Waals surface area contributed by atoms with E-state index in [4.69, 9.17) is 17.3 Å². The van der Waals surface area contributed by atoms with Gasteiger partial charge in [-0.3, -0.25) is 4.79 Å². The Morgan fingerprint density at radius 1 is 1.50 bits per heavy atom. The number of carbonyl (C=O) groups is 1. The van der Waals surface area contributed by atoms with Crippen LogP contribution >= 0.6 is 23.4 Å². The molecule has 0 bridgehead atoms. The van der Waals surface area contributed by atoms with Crippen LogP contribution in [0.1, 0.15) is 5.56 Å². The van der Waals surface area contributed by atoms with Crippen molar-refractivity contribution in [1.82, 2.24) is 0 Å². The van der Waals surface area contributed by atoms with Gasteiger partial charge >= 0.3 is 0 Å². The first-order valence-electron chi connectivity index (χ1n) is 4.30. The molecule has 1 amide bonds. The minimum absolute atomic E-state index is 0.156. The summed E-state index contributed by atoms with van der Waals surface area (Å²) in [7, 11) is 0. The maximum atomic E-state index is 13.4. The number of thioether (sulfide) groups is 1. The fourth-order valence-corrected chi connectivity index (χ4v) is 2.09. The van der Waals surface area contributed by atoms with Crippen molar-refractivity contribution in [3.8, 4) is 0 Å². The molecular weight excluding hydrogens is 251 g/mol. The Kier molecular flexibility index (Phi) is 2.98. The molecule has 0 spiro atoms. The average molecular weight is 257 g/mol. The van der Waals surface area contributed by atoms with Gasteiger partial charge in [-0.15, -0.1) is 0 Å². The van der Waals surface area contributed by atoms with E-state index in [-0.39, 0.29) is 20.7 Å². The molecule has 1 aromatic carbocycles. The molecule has 6 heteroatoms. The summed E-state index contributed by atoms with van der Waals surface area (Å²) in [5.74, 6) is -0.958. The second-order valence-corrected chi connectivity index (χ2v) is 4.47. The van der Waals surface area contributed by atoms with E-state index in [0.29, 0.717) is 0 Å². The summed E-state index contributed by atoms with van der Waals surface area (Å²) in [6.45, 7) is 0. The fourth-order valence-electron chi connectivity index (χ4n) is 1.21.